The van der Waals surface area contributed by atoms with Crippen molar-refractivity contribution in [1.82, 2.24) is 4.31 Å². The van der Waals surface area contributed by atoms with Crippen LogP contribution in [0.3, 0.4) is 0 Å². The normalized spacial score (nSPS) is 18.0. The van der Waals surface area contributed by atoms with Crippen LogP contribution in [0.15, 0.2) is 23.1 Å². The molecule has 1 N–H and O–H groups in total. The van der Waals surface area contributed by atoms with Gasteiger partial charge in [-0.3, -0.25) is 0 Å². The van der Waals surface area contributed by atoms with Gasteiger partial charge in [0.2, 0.25) is 10.0 Å². The summed E-state index contributed by atoms with van der Waals surface area (Å²) in [7, 11) is -3.79. The molecule has 21 heavy (non-hydrogen) atoms. The fourth-order valence-corrected chi connectivity index (χ4v) is 4.21. The number of ether oxygens (including phenoxy) is 1. The van der Waals surface area contributed by atoms with Crippen LogP contribution in [-0.2, 0) is 21.4 Å². The lowest BCUT2D eigenvalue weighted by atomic mass is 10.1. The van der Waals surface area contributed by atoms with Gasteiger partial charge in [0.25, 0.3) is 0 Å². The number of aliphatic hydroxyl groups is 1. The average Bonchev–Trinajstić information content (AvgIpc) is 2.48. The van der Waals surface area contributed by atoms with Crippen LogP contribution in [0.4, 0.5) is 4.39 Å². The first kappa shape index (κ1) is 16.4. The van der Waals surface area contributed by atoms with Crippen LogP contribution in [0.25, 0.3) is 0 Å². The maximum absolute atomic E-state index is 13.4. The van der Waals surface area contributed by atoms with Crippen molar-refractivity contribution < 1.29 is 22.7 Å². The molecule has 1 aromatic carbocycles. The highest BCUT2D eigenvalue weighted by Crippen LogP contribution is 2.25. The van der Waals surface area contributed by atoms with Crippen molar-refractivity contribution in [3.63, 3.8) is 0 Å². The fraction of sp³-hybridized carbons (Fsp3) is 0.571. The predicted molar refractivity (Wildman–Crippen MR) is 75.7 cm³/mol. The van der Waals surface area contributed by atoms with E-state index in [0.717, 1.165) is 12.1 Å². The van der Waals surface area contributed by atoms with Crippen molar-refractivity contribution in [2.75, 3.05) is 19.7 Å². The van der Waals surface area contributed by atoms with Crippen molar-refractivity contribution in [2.24, 2.45) is 0 Å². The second kappa shape index (κ2) is 6.83. The number of aliphatic hydroxyl groups excluding tert-OH is 1. The topological polar surface area (TPSA) is 66.8 Å². The molecule has 0 amide bonds. The molecule has 7 heteroatoms. The zero-order valence-corrected chi connectivity index (χ0v) is 12.8. The molecule has 0 bridgehead atoms. The first-order chi connectivity index (χ1) is 9.98. The summed E-state index contributed by atoms with van der Waals surface area (Å²) in [6, 6.07) is 3.41. The van der Waals surface area contributed by atoms with E-state index >= 15 is 0 Å². The first-order valence-electron chi connectivity index (χ1n) is 7.00. The number of piperidine rings is 1. The molecule has 1 aromatic rings. The van der Waals surface area contributed by atoms with Gasteiger partial charge < -0.3 is 9.84 Å². The van der Waals surface area contributed by atoms with E-state index in [2.05, 4.69) is 0 Å². The van der Waals surface area contributed by atoms with Crippen molar-refractivity contribution in [3.05, 3.63) is 29.6 Å². The Kier molecular flexibility index (Phi) is 5.32. The Labute approximate surface area is 124 Å². The molecule has 1 aliphatic rings. The second-order valence-corrected chi connectivity index (χ2v) is 6.88. The van der Waals surface area contributed by atoms with Gasteiger partial charge in [-0.15, -0.1) is 0 Å². The summed E-state index contributed by atoms with van der Waals surface area (Å²) < 4.78 is 45.4. The van der Waals surface area contributed by atoms with Crippen LogP contribution >= 0.6 is 0 Å². The van der Waals surface area contributed by atoms with E-state index in [-0.39, 0.29) is 16.6 Å². The van der Waals surface area contributed by atoms with Crippen LogP contribution in [0, 0.1) is 5.82 Å². The van der Waals surface area contributed by atoms with Crippen LogP contribution < -0.4 is 0 Å². The number of benzene rings is 1. The molecule has 1 saturated heterocycles. The number of sulfonamides is 1. The minimum absolute atomic E-state index is 0.0753. The molecule has 5 nitrogen and oxygen atoms in total. The van der Waals surface area contributed by atoms with Crippen molar-refractivity contribution in [2.45, 2.75) is 37.4 Å². The molecule has 2 rings (SSSR count). The fourth-order valence-electron chi connectivity index (χ4n) is 2.51. The van der Waals surface area contributed by atoms with E-state index in [1.54, 1.807) is 0 Å². The predicted octanol–water partition coefficient (Wildman–Crippen LogP) is 1.51. The minimum Gasteiger partial charge on any atom is -0.392 e. The maximum atomic E-state index is 13.4. The summed E-state index contributed by atoms with van der Waals surface area (Å²) in [5.74, 6) is -0.630. The van der Waals surface area contributed by atoms with Gasteiger partial charge in [0, 0.05) is 19.7 Å². The Hall–Kier alpha value is -1.02. The molecule has 0 saturated carbocycles. The van der Waals surface area contributed by atoms with Gasteiger partial charge in [-0.1, -0.05) is 6.07 Å². The third kappa shape index (κ3) is 3.60. The number of rotatable bonds is 5. The van der Waals surface area contributed by atoms with Gasteiger partial charge in [-0.25, -0.2) is 12.8 Å². The van der Waals surface area contributed by atoms with Crippen LogP contribution in [0.5, 0.6) is 0 Å². The Morgan fingerprint density at radius 1 is 1.38 bits per heavy atom. The van der Waals surface area contributed by atoms with Gasteiger partial charge in [0.15, 0.2) is 0 Å². The van der Waals surface area contributed by atoms with Crippen LogP contribution in [0.1, 0.15) is 25.3 Å². The molecule has 0 aliphatic carbocycles. The summed E-state index contributed by atoms with van der Waals surface area (Å²) in [6.07, 6.45) is 1.32. The first-order valence-corrected chi connectivity index (χ1v) is 8.44. The molecule has 1 aliphatic heterocycles. The summed E-state index contributed by atoms with van der Waals surface area (Å²) in [6.45, 7) is 2.76. The molecule has 118 valence electrons. The SMILES string of the molecule is CCOC1CCN(S(=O)(=O)c2cc(F)ccc2CO)CC1. The number of halogens is 1. The van der Waals surface area contributed by atoms with Crippen LogP contribution in [0.2, 0.25) is 0 Å². The molecule has 0 unspecified atom stereocenters. The summed E-state index contributed by atoms with van der Waals surface area (Å²) >= 11 is 0. The number of hydrogen-bond acceptors (Lipinski definition) is 4. The minimum atomic E-state index is -3.79. The van der Waals surface area contributed by atoms with E-state index in [4.69, 9.17) is 4.74 Å². The number of nitrogens with zero attached hydrogens (tertiary/aromatic N) is 1. The Balaban J connectivity index is 2.21. The standard InChI is InChI=1S/C14H20FNO4S/c1-2-20-13-5-7-16(8-6-13)21(18,19)14-9-12(15)4-3-11(14)10-17/h3-4,9,13,17H,2,5-8,10H2,1H3. The van der Waals surface area contributed by atoms with Gasteiger partial charge in [0.05, 0.1) is 17.6 Å². The third-order valence-electron chi connectivity index (χ3n) is 3.62. The summed E-state index contributed by atoms with van der Waals surface area (Å²) in [5, 5.41) is 9.26. The van der Waals surface area contributed by atoms with Crippen LogP contribution in [-0.4, -0.2) is 43.6 Å². The summed E-state index contributed by atoms with van der Waals surface area (Å²) in [5.41, 5.74) is 0.211. The highest BCUT2D eigenvalue weighted by Gasteiger charge is 2.31. The zero-order valence-electron chi connectivity index (χ0n) is 12.0. The van der Waals surface area contributed by atoms with Gasteiger partial charge in [0.1, 0.15) is 5.82 Å². The highest BCUT2D eigenvalue weighted by molar-refractivity contribution is 7.89. The monoisotopic (exact) mass is 317 g/mol. The van der Waals surface area contributed by atoms with Crippen molar-refractivity contribution in [3.8, 4) is 0 Å². The number of hydrogen-bond donors (Lipinski definition) is 1. The lowest BCUT2D eigenvalue weighted by molar-refractivity contribution is 0.0290. The highest BCUT2D eigenvalue weighted by atomic mass is 32.2. The van der Waals surface area contributed by atoms with E-state index in [0.29, 0.717) is 32.5 Å². The smallest absolute Gasteiger partial charge is 0.243 e. The molecule has 0 spiro atoms. The molecule has 0 atom stereocenters. The van der Waals surface area contributed by atoms with E-state index < -0.39 is 22.4 Å². The molecule has 0 radical (unpaired) electrons. The average molecular weight is 317 g/mol. The second-order valence-electron chi connectivity index (χ2n) is 4.97. The quantitative estimate of drug-likeness (QED) is 0.894. The van der Waals surface area contributed by atoms with E-state index in [1.807, 2.05) is 6.92 Å². The van der Waals surface area contributed by atoms with Gasteiger partial charge >= 0.3 is 0 Å². The Bertz CT molecular complexity index is 583. The molecular weight excluding hydrogens is 297 g/mol. The van der Waals surface area contributed by atoms with Crippen molar-refractivity contribution in [1.29, 1.82) is 0 Å². The molecular formula is C14H20FNO4S. The van der Waals surface area contributed by atoms with Crippen molar-refractivity contribution >= 4 is 10.0 Å². The molecule has 0 aromatic heterocycles. The maximum Gasteiger partial charge on any atom is 0.243 e. The van der Waals surface area contributed by atoms with Gasteiger partial charge in [-0.2, -0.15) is 4.31 Å². The zero-order chi connectivity index (χ0) is 15.5. The summed E-state index contributed by atoms with van der Waals surface area (Å²) in [4.78, 5) is -0.153. The van der Waals surface area contributed by atoms with E-state index in [1.165, 1.54) is 10.4 Å². The molecule has 1 heterocycles. The Morgan fingerprint density at radius 3 is 2.62 bits per heavy atom. The Morgan fingerprint density at radius 2 is 2.05 bits per heavy atom. The van der Waals surface area contributed by atoms with Gasteiger partial charge in [-0.05, 0) is 37.5 Å². The third-order valence-corrected chi connectivity index (χ3v) is 5.60. The molecule has 1 fully saturated rings. The lowest BCUT2D eigenvalue weighted by Gasteiger charge is -2.31. The largest absolute Gasteiger partial charge is 0.392 e. The van der Waals surface area contributed by atoms with E-state index in [9.17, 15) is 17.9 Å². The lowest BCUT2D eigenvalue weighted by Crippen LogP contribution is -2.41.